The van der Waals surface area contributed by atoms with E-state index >= 15 is 0 Å². The van der Waals surface area contributed by atoms with E-state index in [1.165, 1.54) is 11.4 Å². The van der Waals surface area contributed by atoms with Gasteiger partial charge in [0.25, 0.3) is 0 Å². The largest absolute Gasteiger partial charge is 0.371 e. The van der Waals surface area contributed by atoms with Gasteiger partial charge in [0.1, 0.15) is 0 Å². The molecule has 0 saturated carbocycles. The second-order valence-corrected chi connectivity index (χ2v) is 4.77. The number of nitrogens with two attached hydrogens (primary N) is 1. The minimum Gasteiger partial charge on any atom is -0.371 e. The molecule has 4 heteroatoms. The lowest BCUT2D eigenvalue weighted by atomic mass is 10.1. The molecule has 0 aliphatic carbocycles. The van der Waals surface area contributed by atoms with E-state index < -0.39 is 0 Å². The van der Waals surface area contributed by atoms with Crippen LogP contribution >= 0.6 is 0 Å². The Hall–Kier alpha value is -2.07. The van der Waals surface area contributed by atoms with Gasteiger partial charge in [-0.1, -0.05) is 12.1 Å². The van der Waals surface area contributed by atoms with Gasteiger partial charge in [-0.3, -0.25) is 4.98 Å². The zero-order valence-corrected chi connectivity index (χ0v) is 11.1. The van der Waals surface area contributed by atoms with E-state index in [4.69, 9.17) is 5.73 Å². The molecule has 0 amide bonds. The van der Waals surface area contributed by atoms with Crippen LogP contribution in [0.25, 0.3) is 0 Å². The van der Waals surface area contributed by atoms with Crippen LogP contribution in [0.1, 0.15) is 5.56 Å². The molecule has 0 bridgehead atoms. The van der Waals surface area contributed by atoms with Crippen LogP contribution in [-0.4, -0.2) is 25.1 Å². The normalized spacial score (nSPS) is 14.4. The van der Waals surface area contributed by atoms with E-state index in [0.29, 0.717) is 6.54 Å². The Bertz CT molecular complexity index is 582. The van der Waals surface area contributed by atoms with E-state index in [2.05, 4.69) is 46.1 Å². The third-order valence-electron chi connectivity index (χ3n) is 3.64. The molecule has 0 saturated heterocycles. The van der Waals surface area contributed by atoms with Crippen molar-refractivity contribution >= 4 is 17.1 Å². The molecule has 4 nitrogen and oxygen atoms in total. The molecule has 1 aromatic heterocycles. The summed E-state index contributed by atoms with van der Waals surface area (Å²) in [5, 5.41) is 0. The number of benzene rings is 1. The fourth-order valence-corrected chi connectivity index (χ4v) is 2.59. The van der Waals surface area contributed by atoms with Crippen molar-refractivity contribution in [3.8, 4) is 0 Å². The molecular weight excluding hydrogens is 236 g/mol. The van der Waals surface area contributed by atoms with Gasteiger partial charge in [0.15, 0.2) is 0 Å². The monoisotopic (exact) mass is 254 g/mol. The molecular formula is C15H18N4. The molecule has 98 valence electrons. The molecule has 1 aliphatic rings. The van der Waals surface area contributed by atoms with E-state index in [-0.39, 0.29) is 0 Å². The number of para-hydroxylation sites is 2. The Balaban J connectivity index is 2.10. The third kappa shape index (κ3) is 2.04. The van der Waals surface area contributed by atoms with Crippen LogP contribution in [-0.2, 0) is 6.54 Å². The highest BCUT2D eigenvalue weighted by molar-refractivity contribution is 5.79. The Morgan fingerprint density at radius 3 is 2.68 bits per heavy atom. The number of anilines is 3. The first kappa shape index (κ1) is 12.0. The zero-order valence-electron chi connectivity index (χ0n) is 11.1. The van der Waals surface area contributed by atoms with Gasteiger partial charge >= 0.3 is 0 Å². The highest BCUT2D eigenvalue weighted by Gasteiger charge is 2.22. The first-order valence-electron chi connectivity index (χ1n) is 6.52. The SMILES string of the molecule is CN1CCN(c2cnccc2CN)c2ccccc21. The summed E-state index contributed by atoms with van der Waals surface area (Å²) < 4.78 is 0. The molecule has 0 unspecified atom stereocenters. The summed E-state index contributed by atoms with van der Waals surface area (Å²) in [6, 6.07) is 10.4. The van der Waals surface area contributed by atoms with Crippen LogP contribution in [0.5, 0.6) is 0 Å². The van der Waals surface area contributed by atoms with Gasteiger partial charge in [-0.05, 0) is 23.8 Å². The predicted octanol–water partition coefficient (Wildman–Crippen LogP) is 2.13. The van der Waals surface area contributed by atoms with Gasteiger partial charge in [-0.15, -0.1) is 0 Å². The lowest BCUT2D eigenvalue weighted by molar-refractivity contribution is 0.815. The Kier molecular flexibility index (Phi) is 3.09. The van der Waals surface area contributed by atoms with E-state index in [0.717, 1.165) is 24.3 Å². The molecule has 2 N–H and O–H groups in total. The van der Waals surface area contributed by atoms with Gasteiger partial charge in [0.2, 0.25) is 0 Å². The smallest absolute Gasteiger partial charge is 0.0649 e. The average Bonchev–Trinajstić information content (AvgIpc) is 2.48. The van der Waals surface area contributed by atoms with Gasteiger partial charge in [0.05, 0.1) is 23.3 Å². The van der Waals surface area contributed by atoms with Gasteiger partial charge in [-0.25, -0.2) is 0 Å². The second-order valence-electron chi connectivity index (χ2n) is 4.77. The molecule has 2 heterocycles. The maximum atomic E-state index is 5.84. The highest BCUT2D eigenvalue weighted by Crippen LogP contribution is 2.37. The lowest BCUT2D eigenvalue weighted by Gasteiger charge is -2.37. The van der Waals surface area contributed by atoms with Crippen molar-refractivity contribution in [3.63, 3.8) is 0 Å². The van der Waals surface area contributed by atoms with Crippen molar-refractivity contribution in [2.24, 2.45) is 5.73 Å². The quantitative estimate of drug-likeness (QED) is 0.891. The number of aromatic nitrogens is 1. The van der Waals surface area contributed by atoms with Crippen LogP contribution < -0.4 is 15.5 Å². The van der Waals surface area contributed by atoms with Crippen molar-refractivity contribution < 1.29 is 0 Å². The Morgan fingerprint density at radius 2 is 1.89 bits per heavy atom. The Labute approximate surface area is 113 Å². The van der Waals surface area contributed by atoms with Crippen LogP contribution in [0.4, 0.5) is 17.1 Å². The van der Waals surface area contributed by atoms with Crippen molar-refractivity contribution in [1.82, 2.24) is 4.98 Å². The molecule has 3 rings (SSSR count). The third-order valence-corrected chi connectivity index (χ3v) is 3.64. The minimum absolute atomic E-state index is 0.534. The second kappa shape index (κ2) is 4.90. The number of nitrogens with zero attached hydrogens (tertiary/aromatic N) is 3. The number of pyridine rings is 1. The van der Waals surface area contributed by atoms with Crippen LogP contribution in [0.3, 0.4) is 0 Å². The number of likely N-dealkylation sites (N-methyl/N-ethyl adjacent to an activating group) is 1. The highest BCUT2D eigenvalue weighted by atomic mass is 15.3. The standard InChI is InChI=1S/C15H18N4/c1-18-8-9-19(14-5-3-2-4-13(14)18)15-11-17-7-6-12(15)10-16/h2-7,11H,8-10,16H2,1H3. The fraction of sp³-hybridized carbons (Fsp3) is 0.267. The van der Waals surface area contributed by atoms with Gasteiger partial charge in [0, 0.05) is 32.9 Å². The molecule has 2 aromatic rings. The average molecular weight is 254 g/mol. The first-order chi connectivity index (χ1) is 9.31. The van der Waals surface area contributed by atoms with E-state index in [1.807, 2.05) is 12.3 Å². The summed E-state index contributed by atoms with van der Waals surface area (Å²) in [5.74, 6) is 0. The van der Waals surface area contributed by atoms with Crippen molar-refractivity contribution in [2.75, 3.05) is 29.9 Å². The van der Waals surface area contributed by atoms with Gasteiger partial charge < -0.3 is 15.5 Å². The molecule has 0 atom stereocenters. The van der Waals surface area contributed by atoms with E-state index in [9.17, 15) is 0 Å². The van der Waals surface area contributed by atoms with Crippen LogP contribution in [0.2, 0.25) is 0 Å². The Morgan fingerprint density at radius 1 is 1.11 bits per heavy atom. The summed E-state index contributed by atoms with van der Waals surface area (Å²) in [6.45, 7) is 2.48. The number of rotatable bonds is 2. The van der Waals surface area contributed by atoms with Gasteiger partial charge in [-0.2, -0.15) is 0 Å². The van der Waals surface area contributed by atoms with E-state index in [1.54, 1.807) is 6.20 Å². The number of fused-ring (bicyclic) bond motifs is 1. The molecule has 1 aliphatic heterocycles. The minimum atomic E-state index is 0.534. The lowest BCUT2D eigenvalue weighted by Crippen LogP contribution is -2.37. The summed E-state index contributed by atoms with van der Waals surface area (Å²) in [4.78, 5) is 8.84. The fourth-order valence-electron chi connectivity index (χ4n) is 2.59. The summed E-state index contributed by atoms with van der Waals surface area (Å²) in [6.07, 6.45) is 3.71. The van der Waals surface area contributed by atoms with Crippen molar-refractivity contribution in [1.29, 1.82) is 0 Å². The molecule has 0 fully saturated rings. The molecule has 0 radical (unpaired) electrons. The summed E-state index contributed by atoms with van der Waals surface area (Å²) >= 11 is 0. The number of hydrogen-bond acceptors (Lipinski definition) is 4. The summed E-state index contributed by atoms with van der Waals surface area (Å²) in [5.41, 5.74) is 10.6. The predicted molar refractivity (Wildman–Crippen MR) is 78.8 cm³/mol. The molecule has 0 spiro atoms. The topological polar surface area (TPSA) is 45.4 Å². The summed E-state index contributed by atoms with van der Waals surface area (Å²) in [7, 11) is 2.13. The van der Waals surface area contributed by atoms with Crippen molar-refractivity contribution in [2.45, 2.75) is 6.54 Å². The maximum absolute atomic E-state index is 5.84. The maximum Gasteiger partial charge on any atom is 0.0649 e. The van der Waals surface area contributed by atoms with Crippen molar-refractivity contribution in [3.05, 3.63) is 48.3 Å². The molecule has 19 heavy (non-hydrogen) atoms. The molecule has 1 aromatic carbocycles. The van der Waals surface area contributed by atoms with Crippen LogP contribution in [0.15, 0.2) is 42.7 Å². The first-order valence-corrected chi connectivity index (χ1v) is 6.52. The zero-order chi connectivity index (χ0) is 13.2. The van der Waals surface area contributed by atoms with Crippen LogP contribution in [0, 0.1) is 0 Å². The number of hydrogen-bond donors (Lipinski definition) is 1.